The summed E-state index contributed by atoms with van der Waals surface area (Å²) in [5.41, 5.74) is -2.82. The highest BCUT2D eigenvalue weighted by Gasteiger charge is 2.67. The summed E-state index contributed by atoms with van der Waals surface area (Å²) < 4.78 is 11.1. The molecule has 0 aromatic rings. The lowest BCUT2D eigenvalue weighted by molar-refractivity contribution is -0.252. The van der Waals surface area contributed by atoms with Crippen molar-refractivity contribution in [3.05, 3.63) is 36.0 Å². The van der Waals surface area contributed by atoms with E-state index in [4.69, 9.17) is 9.47 Å². The molecule has 3 aliphatic rings. The van der Waals surface area contributed by atoms with Gasteiger partial charge in [-0.15, -0.1) is 0 Å². The molecule has 21 heavy (non-hydrogen) atoms. The Balaban J connectivity index is 2.26. The molecule has 0 amide bonds. The number of ether oxygens (including phenoxy) is 2. The van der Waals surface area contributed by atoms with Crippen LogP contribution in [0.15, 0.2) is 36.0 Å². The fourth-order valence-electron chi connectivity index (χ4n) is 3.64. The molecule has 4 atom stereocenters. The van der Waals surface area contributed by atoms with Gasteiger partial charge in [-0.3, -0.25) is 4.79 Å². The molecule has 4 unspecified atom stereocenters. The smallest absolute Gasteiger partial charge is 0.222 e. The van der Waals surface area contributed by atoms with Crippen molar-refractivity contribution in [3.63, 3.8) is 0 Å². The highest BCUT2D eigenvalue weighted by atomic mass is 16.7. The Morgan fingerprint density at radius 3 is 2.62 bits per heavy atom. The molecule has 0 saturated carbocycles. The van der Waals surface area contributed by atoms with Crippen LogP contribution in [-0.2, 0) is 14.3 Å². The van der Waals surface area contributed by atoms with Crippen molar-refractivity contribution in [1.82, 2.24) is 0 Å². The summed E-state index contributed by atoms with van der Waals surface area (Å²) in [6.07, 6.45) is 4.77. The number of carbonyl (C=O) groups excluding carboxylic acids is 1. The Kier molecular flexibility index (Phi) is 2.74. The normalized spacial score (nSPS) is 48.9. The number of hydrogen-bond donors (Lipinski definition) is 2. The van der Waals surface area contributed by atoms with Gasteiger partial charge in [0.1, 0.15) is 11.2 Å². The van der Waals surface area contributed by atoms with Gasteiger partial charge >= 0.3 is 0 Å². The van der Waals surface area contributed by atoms with Gasteiger partial charge < -0.3 is 19.7 Å². The second-order valence-corrected chi connectivity index (χ2v) is 6.50. The van der Waals surface area contributed by atoms with Crippen LogP contribution >= 0.6 is 0 Å². The summed E-state index contributed by atoms with van der Waals surface area (Å²) in [5.74, 6) is -1.69. The van der Waals surface area contributed by atoms with Crippen LogP contribution in [0.2, 0.25) is 0 Å². The summed E-state index contributed by atoms with van der Waals surface area (Å²) in [6, 6.07) is 0. The maximum atomic E-state index is 12.1. The van der Waals surface area contributed by atoms with Crippen LogP contribution in [0.3, 0.4) is 0 Å². The maximum absolute atomic E-state index is 12.1. The predicted octanol–water partition coefficient (Wildman–Crippen LogP) is 0.873. The Morgan fingerprint density at radius 1 is 1.33 bits per heavy atom. The third-order valence-electron chi connectivity index (χ3n) is 5.49. The quantitative estimate of drug-likeness (QED) is 0.701. The first kappa shape index (κ1) is 14.7. The molecule has 5 nitrogen and oxygen atoms in total. The zero-order valence-electron chi connectivity index (χ0n) is 12.5. The van der Waals surface area contributed by atoms with Crippen LogP contribution in [-0.4, -0.2) is 46.7 Å². The summed E-state index contributed by atoms with van der Waals surface area (Å²) in [4.78, 5) is 12.1. The summed E-state index contributed by atoms with van der Waals surface area (Å²) in [7, 11) is 1.46. The van der Waals surface area contributed by atoms with Gasteiger partial charge in [0.05, 0.1) is 6.61 Å². The van der Waals surface area contributed by atoms with Gasteiger partial charge in [0.25, 0.3) is 0 Å². The molecule has 2 aliphatic carbocycles. The first-order chi connectivity index (χ1) is 9.63. The van der Waals surface area contributed by atoms with Gasteiger partial charge in [-0.05, 0) is 36.6 Å². The molecule has 1 aliphatic heterocycles. The van der Waals surface area contributed by atoms with Crippen molar-refractivity contribution in [3.8, 4) is 0 Å². The van der Waals surface area contributed by atoms with Gasteiger partial charge in [0.2, 0.25) is 5.79 Å². The summed E-state index contributed by atoms with van der Waals surface area (Å²) >= 11 is 0. The van der Waals surface area contributed by atoms with Gasteiger partial charge in [-0.2, -0.15) is 0 Å². The van der Waals surface area contributed by atoms with E-state index in [1.54, 1.807) is 19.1 Å². The first-order valence-electron chi connectivity index (χ1n) is 6.91. The van der Waals surface area contributed by atoms with E-state index in [-0.39, 0.29) is 18.8 Å². The average Bonchev–Trinajstić information content (AvgIpc) is 2.67. The number of methoxy groups -OCH3 is 1. The molecule has 2 N–H and O–H groups in total. The predicted molar refractivity (Wildman–Crippen MR) is 75.4 cm³/mol. The lowest BCUT2D eigenvalue weighted by atomic mass is 9.55. The minimum absolute atomic E-state index is 0.0988. The van der Waals surface area contributed by atoms with Gasteiger partial charge in [0.15, 0.2) is 5.78 Å². The van der Waals surface area contributed by atoms with E-state index >= 15 is 0 Å². The molecule has 0 radical (unpaired) electrons. The molecule has 5 heteroatoms. The number of allylic oxidation sites excluding steroid dienone is 1. The zero-order valence-corrected chi connectivity index (χ0v) is 12.5. The Hall–Kier alpha value is -1.27. The summed E-state index contributed by atoms with van der Waals surface area (Å²) in [6.45, 7) is 7.29. The van der Waals surface area contributed by atoms with Crippen molar-refractivity contribution in [2.24, 2.45) is 5.41 Å². The van der Waals surface area contributed by atoms with Crippen molar-refractivity contribution in [2.45, 2.75) is 37.3 Å². The van der Waals surface area contributed by atoms with Crippen LogP contribution in [0.1, 0.15) is 20.3 Å². The number of hydrogen-bond acceptors (Lipinski definition) is 5. The molecular weight excluding hydrogens is 272 g/mol. The molecule has 114 valence electrons. The van der Waals surface area contributed by atoms with Crippen LogP contribution < -0.4 is 0 Å². The van der Waals surface area contributed by atoms with E-state index in [0.717, 1.165) is 0 Å². The maximum Gasteiger partial charge on any atom is 0.222 e. The molecule has 0 aromatic carbocycles. The highest BCUT2D eigenvalue weighted by Crippen LogP contribution is 2.59. The number of rotatable bonds is 1. The van der Waals surface area contributed by atoms with E-state index in [9.17, 15) is 15.0 Å². The third kappa shape index (κ3) is 1.47. The molecule has 1 saturated heterocycles. The highest BCUT2D eigenvalue weighted by molar-refractivity contribution is 5.99. The van der Waals surface area contributed by atoms with Gasteiger partial charge in [-0.1, -0.05) is 19.6 Å². The molecule has 0 aromatic heterocycles. The van der Waals surface area contributed by atoms with Gasteiger partial charge in [-0.25, -0.2) is 0 Å². The Labute approximate surface area is 123 Å². The molecule has 0 bridgehead atoms. The minimum atomic E-state index is -1.61. The van der Waals surface area contributed by atoms with Gasteiger partial charge in [0, 0.05) is 12.5 Å². The monoisotopic (exact) mass is 292 g/mol. The number of aliphatic hydroxyl groups is 2. The van der Waals surface area contributed by atoms with Crippen molar-refractivity contribution < 1.29 is 24.5 Å². The first-order valence-corrected chi connectivity index (χ1v) is 6.91. The van der Waals surface area contributed by atoms with E-state index in [0.29, 0.717) is 11.1 Å². The topological polar surface area (TPSA) is 76.0 Å². The van der Waals surface area contributed by atoms with Crippen LogP contribution in [0.4, 0.5) is 0 Å². The molecule has 1 fully saturated rings. The fraction of sp³-hybridized carbons (Fsp3) is 0.562. The Morgan fingerprint density at radius 2 is 2.00 bits per heavy atom. The number of ketones is 1. The fourth-order valence-corrected chi connectivity index (χ4v) is 3.64. The number of fused-ring (bicyclic) bond motifs is 2. The lowest BCUT2D eigenvalue weighted by Crippen LogP contribution is -2.64. The van der Waals surface area contributed by atoms with E-state index < -0.39 is 22.4 Å². The second kappa shape index (κ2) is 3.93. The molecule has 0 spiro atoms. The van der Waals surface area contributed by atoms with Crippen molar-refractivity contribution in [1.29, 1.82) is 0 Å². The minimum Gasteiger partial charge on any atom is -0.381 e. The number of carbonyl (C=O) groups is 1. The van der Waals surface area contributed by atoms with Crippen LogP contribution in [0.5, 0.6) is 0 Å². The molecule has 1 heterocycles. The van der Waals surface area contributed by atoms with Crippen molar-refractivity contribution >= 4 is 5.78 Å². The second-order valence-electron chi connectivity index (χ2n) is 6.50. The van der Waals surface area contributed by atoms with E-state index in [1.807, 2.05) is 0 Å². The molecule has 3 rings (SSSR count). The summed E-state index contributed by atoms with van der Waals surface area (Å²) in [5, 5.41) is 21.8. The average molecular weight is 292 g/mol. The third-order valence-corrected chi connectivity index (χ3v) is 5.49. The Bertz CT molecular complexity index is 602. The van der Waals surface area contributed by atoms with E-state index in [2.05, 4.69) is 6.58 Å². The van der Waals surface area contributed by atoms with Crippen molar-refractivity contribution in [2.75, 3.05) is 13.7 Å². The molecular formula is C16H20O5. The SMILES string of the molecule is C=C1COC2(OC)C=C3C=CC(=O)C(C)(O)C3(C)CC12O. The standard InChI is InChI=1S/C16H20O5/c1-10-8-21-16(20-4)7-11-5-6-12(17)14(3,18)13(11,2)9-15(10,16)19/h5-7,18-19H,1,8-9H2,2-4H3. The van der Waals surface area contributed by atoms with Crippen LogP contribution in [0.25, 0.3) is 0 Å². The van der Waals surface area contributed by atoms with Crippen LogP contribution in [0, 0.1) is 5.41 Å². The largest absolute Gasteiger partial charge is 0.381 e. The zero-order chi connectivity index (χ0) is 15.7. The lowest BCUT2D eigenvalue weighted by Gasteiger charge is -2.54. The van der Waals surface area contributed by atoms with E-state index in [1.165, 1.54) is 20.1 Å².